The predicted molar refractivity (Wildman–Crippen MR) is 81.1 cm³/mol. The van der Waals surface area contributed by atoms with Gasteiger partial charge in [0.25, 0.3) is 0 Å². The van der Waals surface area contributed by atoms with Gasteiger partial charge in [-0.2, -0.15) is 5.10 Å². The molecule has 6 nitrogen and oxygen atoms in total. The van der Waals surface area contributed by atoms with E-state index in [1.807, 2.05) is 13.0 Å². The molecule has 0 aliphatic heterocycles. The minimum absolute atomic E-state index is 0.00203. The van der Waals surface area contributed by atoms with Crippen molar-refractivity contribution >= 4 is 21.9 Å². The number of carboxylic acid groups (broad SMARTS) is 1. The number of benzene rings is 1. The van der Waals surface area contributed by atoms with Crippen LogP contribution in [0.25, 0.3) is 11.3 Å². The summed E-state index contributed by atoms with van der Waals surface area (Å²) in [5.74, 6) is 0.133. The van der Waals surface area contributed by atoms with Gasteiger partial charge in [0.15, 0.2) is 17.2 Å². The lowest BCUT2D eigenvalue weighted by atomic mass is 10.0. The number of carbonyl (C=O) groups is 1. The monoisotopic (exact) mass is 354 g/mol. The van der Waals surface area contributed by atoms with Crippen molar-refractivity contribution in [2.45, 2.75) is 6.92 Å². The van der Waals surface area contributed by atoms with Crippen molar-refractivity contribution < 1.29 is 19.4 Å². The first-order valence-corrected chi connectivity index (χ1v) is 6.88. The van der Waals surface area contributed by atoms with E-state index in [0.717, 1.165) is 15.6 Å². The fraction of sp³-hybridized carbons (Fsp3) is 0.286. The van der Waals surface area contributed by atoms with E-state index < -0.39 is 5.97 Å². The number of aryl methyl sites for hydroxylation is 1. The van der Waals surface area contributed by atoms with Gasteiger partial charge in [-0.1, -0.05) is 0 Å². The minimum atomic E-state index is -1.06. The van der Waals surface area contributed by atoms with Crippen LogP contribution in [0, 0.1) is 6.92 Å². The fourth-order valence-corrected chi connectivity index (χ4v) is 2.80. The number of hydrogen-bond acceptors (Lipinski definition) is 4. The van der Waals surface area contributed by atoms with Crippen LogP contribution in [-0.4, -0.2) is 35.1 Å². The summed E-state index contributed by atoms with van der Waals surface area (Å²) in [6.07, 6.45) is 0. The topological polar surface area (TPSA) is 73.6 Å². The average Bonchev–Trinajstić information content (AvgIpc) is 2.82. The number of hydrogen-bond donors (Lipinski definition) is 1. The summed E-state index contributed by atoms with van der Waals surface area (Å²) in [6.45, 7) is 1.89. The summed E-state index contributed by atoms with van der Waals surface area (Å²) in [5.41, 5.74) is 2.35. The lowest BCUT2D eigenvalue weighted by Crippen LogP contribution is -2.01. The second-order valence-electron chi connectivity index (χ2n) is 4.44. The smallest absolute Gasteiger partial charge is 0.356 e. The van der Waals surface area contributed by atoms with E-state index in [1.54, 1.807) is 21.3 Å². The zero-order chi connectivity index (χ0) is 15.7. The van der Waals surface area contributed by atoms with Gasteiger partial charge in [-0.15, -0.1) is 0 Å². The molecule has 112 valence electrons. The highest BCUT2D eigenvalue weighted by molar-refractivity contribution is 9.10. The molecule has 0 amide bonds. The van der Waals surface area contributed by atoms with Crippen molar-refractivity contribution in [3.8, 4) is 22.8 Å². The summed E-state index contributed by atoms with van der Waals surface area (Å²) in [4.78, 5) is 11.0. The standard InChI is InChI=1S/C14H15BrN2O4/c1-7-8(5-9(15)13(21-4)12(7)20-3)11-6-10(14(18)19)16-17(11)2/h5-6H,1-4H3,(H,18,19). The van der Waals surface area contributed by atoms with Gasteiger partial charge in [0.05, 0.1) is 24.4 Å². The van der Waals surface area contributed by atoms with Gasteiger partial charge < -0.3 is 14.6 Å². The van der Waals surface area contributed by atoms with Gasteiger partial charge in [0.1, 0.15) is 0 Å². The highest BCUT2D eigenvalue weighted by Gasteiger charge is 2.20. The van der Waals surface area contributed by atoms with E-state index in [4.69, 9.17) is 14.6 Å². The van der Waals surface area contributed by atoms with Crippen molar-refractivity contribution in [3.63, 3.8) is 0 Å². The highest BCUT2D eigenvalue weighted by atomic mass is 79.9. The zero-order valence-electron chi connectivity index (χ0n) is 12.1. The molecule has 0 aliphatic carbocycles. The Balaban J connectivity index is 2.70. The first-order valence-electron chi connectivity index (χ1n) is 6.09. The third-order valence-electron chi connectivity index (χ3n) is 3.22. The maximum Gasteiger partial charge on any atom is 0.356 e. The Morgan fingerprint density at radius 3 is 2.38 bits per heavy atom. The SMILES string of the molecule is COc1c(Br)cc(-c2cc(C(=O)O)nn2C)c(C)c1OC. The Labute approximate surface area is 130 Å². The molecule has 1 heterocycles. The van der Waals surface area contributed by atoms with Crippen LogP contribution in [-0.2, 0) is 7.05 Å². The van der Waals surface area contributed by atoms with Crippen molar-refractivity contribution in [1.29, 1.82) is 0 Å². The van der Waals surface area contributed by atoms with Crippen molar-refractivity contribution in [2.75, 3.05) is 14.2 Å². The number of nitrogens with zero attached hydrogens (tertiary/aromatic N) is 2. The largest absolute Gasteiger partial charge is 0.493 e. The summed E-state index contributed by atoms with van der Waals surface area (Å²) >= 11 is 3.44. The molecule has 0 saturated carbocycles. The molecule has 0 unspecified atom stereocenters. The molecule has 0 atom stereocenters. The van der Waals surface area contributed by atoms with Crippen LogP contribution in [0.5, 0.6) is 11.5 Å². The Kier molecular flexibility index (Phi) is 4.22. The second kappa shape index (κ2) is 5.77. The van der Waals surface area contributed by atoms with Gasteiger partial charge in [-0.25, -0.2) is 4.79 Å². The van der Waals surface area contributed by atoms with Crippen molar-refractivity contribution in [2.24, 2.45) is 7.05 Å². The molecule has 2 aromatic rings. The zero-order valence-corrected chi connectivity index (χ0v) is 13.7. The lowest BCUT2D eigenvalue weighted by Gasteiger charge is -2.16. The molecule has 0 spiro atoms. The van der Waals surface area contributed by atoms with Crippen LogP contribution < -0.4 is 9.47 Å². The van der Waals surface area contributed by atoms with Crippen LogP contribution in [0.1, 0.15) is 16.1 Å². The van der Waals surface area contributed by atoms with Crippen LogP contribution in [0.15, 0.2) is 16.6 Å². The van der Waals surface area contributed by atoms with Crippen molar-refractivity contribution in [1.82, 2.24) is 9.78 Å². The van der Waals surface area contributed by atoms with E-state index >= 15 is 0 Å². The molecule has 0 bridgehead atoms. The molecule has 0 radical (unpaired) electrons. The lowest BCUT2D eigenvalue weighted by molar-refractivity contribution is 0.0689. The molecule has 0 saturated heterocycles. The number of aromatic carboxylic acids is 1. The summed E-state index contributed by atoms with van der Waals surface area (Å²) < 4.78 is 13.0. The van der Waals surface area contributed by atoms with Crippen LogP contribution >= 0.6 is 15.9 Å². The van der Waals surface area contributed by atoms with Gasteiger partial charge in [0.2, 0.25) is 0 Å². The molecule has 7 heteroatoms. The molecular weight excluding hydrogens is 340 g/mol. The minimum Gasteiger partial charge on any atom is -0.493 e. The Bertz CT molecular complexity index is 709. The van der Waals surface area contributed by atoms with Crippen molar-refractivity contribution in [3.05, 3.63) is 27.9 Å². The van der Waals surface area contributed by atoms with Crippen LogP contribution in [0.4, 0.5) is 0 Å². The Morgan fingerprint density at radius 1 is 1.29 bits per heavy atom. The average molecular weight is 355 g/mol. The first-order chi connectivity index (χ1) is 9.90. The van der Waals surface area contributed by atoms with Gasteiger partial charge in [-0.05, 0) is 35.0 Å². The van der Waals surface area contributed by atoms with E-state index in [9.17, 15) is 4.79 Å². The van der Waals surface area contributed by atoms with Crippen LogP contribution in [0.3, 0.4) is 0 Å². The summed E-state index contributed by atoms with van der Waals surface area (Å²) in [6, 6.07) is 3.39. The maximum atomic E-state index is 11.0. The normalized spacial score (nSPS) is 10.5. The first kappa shape index (κ1) is 15.4. The van der Waals surface area contributed by atoms with Gasteiger partial charge in [-0.3, -0.25) is 4.68 Å². The van der Waals surface area contributed by atoms with Crippen LogP contribution in [0.2, 0.25) is 0 Å². The van der Waals surface area contributed by atoms with Gasteiger partial charge in [0, 0.05) is 18.2 Å². The maximum absolute atomic E-state index is 11.0. The second-order valence-corrected chi connectivity index (χ2v) is 5.30. The summed E-state index contributed by atoms with van der Waals surface area (Å²) in [5, 5.41) is 13.0. The molecule has 1 aromatic heterocycles. The molecule has 1 aromatic carbocycles. The van der Waals surface area contributed by atoms with E-state index in [2.05, 4.69) is 21.0 Å². The molecule has 0 fully saturated rings. The van der Waals surface area contributed by atoms with E-state index in [1.165, 1.54) is 10.7 Å². The molecule has 21 heavy (non-hydrogen) atoms. The van der Waals surface area contributed by atoms with E-state index in [0.29, 0.717) is 17.2 Å². The van der Waals surface area contributed by atoms with E-state index in [-0.39, 0.29) is 5.69 Å². The predicted octanol–water partition coefficient (Wildman–Crippen LogP) is 2.87. The molecule has 1 N–H and O–H groups in total. The molecule has 2 rings (SSSR count). The number of carboxylic acids is 1. The highest BCUT2D eigenvalue weighted by Crippen LogP contribution is 2.43. The van der Waals surface area contributed by atoms with Gasteiger partial charge >= 0.3 is 5.97 Å². The third-order valence-corrected chi connectivity index (χ3v) is 3.81. The number of rotatable bonds is 4. The Hall–Kier alpha value is -2.02. The molecule has 0 aliphatic rings. The third kappa shape index (κ3) is 2.61. The number of halogens is 1. The number of aromatic nitrogens is 2. The molecular formula is C14H15BrN2O4. The Morgan fingerprint density at radius 2 is 1.90 bits per heavy atom. The number of methoxy groups -OCH3 is 2. The summed E-state index contributed by atoms with van der Waals surface area (Å²) in [7, 11) is 4.83. The quantitative estimate of drug-likeness (QED) is 0.913. The fourth-order valence-electron chi connectivity index (χ4n) is 2.23. The number of ether oxygens (including phenoxy) is 2.